The number of nitrogens with one attached hydrogen (secondary N) is 1. The molecular formula is C17H11F4N3O4S. The number of carbonyl (C=O) groups is 1. The van der Waals surface area contributed by atoms with E-state index in [1.807, 2.05) is 4.72 Å². The van der Waals surface area contributed by atoms with E-state index in [0.29, 0.717) is 18.2 Å². The SMILES string of the molecule is O=C(O)c1ccc(F)c(S(=O)(=O)Nc2cc(C(F)(F)F)ccc2-n2cccn2)c1. The normalized spacial score (nSPS) is 12.0. The smallest absolute Gasteiger partial charge is 0.416 e. The lowest BCUT2D eigenvalue weighted by Gasteiger charge is -2.16. The molecule has 3 rings (SSSR count). The number of hydrogen-bond acceptors (Lipinski definition) is 4. The van der Waals surface area contributed by atoms with Crippen molar-refractivity contribution in [1.29, 1.82) is 0 Å². The summed E-state index contributed by atoms with van der Waals surface area (Å²) in [7, 11) is -4.77. The molecule has 12 heteroatoms. The van der Waals surface area contributed by atoms with Crippen LogP contribution < -0.4 is 4.72 Å². The summed E-state index contributed by atoms with van der Waals surface area (Å²) in [4.78, 5) is 10.0. The van der Waals surface area contributed by atoms with E-state index in [2.05, 4.69) is 5.10 Å². The fraction of sp³-hybridized carbons (Fsp3) is 0.0588. The fourth-order valence-electron chi connectivity index (χ4n) is 2.45. The van der Waals surface area contributed by atoms with Gasteiger partial charge in [0.25, 0.3) is 10.0 Å². The molecule has 0 bridgehead atoms. The van der Waals surface area contributed by atoms with Crippen molar-refractivity contribution in [3.63, 3.8) is 0 Å². The average molecular weight is 429 g/mol. The Kier molecular flexibility index (Phi) is 5.05. The highest BCUT2D eigenvalue weighted by molar-refractivity contribution is 7.92. The monoisotopic (exact) mass is 429 g/mol. The predicted molar refractivity (Wildman–Crippen MR) is 92.7 cm³/mol. The number of rotatable bonds is 5. The maximum Gasteiger partial charge on any atom is 0.416 e. The number of benzene rings is 2. The van der Waals surface area contributed by atoms with Gasteiger partial charge in [-0.05, 0) is 42.5 Å². The topological polar surface area (TPSA) is 101 Å². The Morgan fingerprint density at radius 2 is 1.86 bits per heavy atom. The van der Waals surface area contributed by atoms with Gasteiger partial charge in [0.2, 0.25) is 0 Å². The van der Waals surface area contributed by atoms with Crippen molar-refractivity contribution >= 4 is 21.7 Å². The number of halogens is 4. The van der Waals surface area contributed by atoms with Gasteiger partial charge in [-0.15, -0.1) is 0 Å². The van der Waals surface area contributed by atoms with E-state index in [0.717, 1.165) is 22.9 Å². The third kappa shape index (κ3) is 4.21. The summed E-state index contributed by atoms with van der Waals surface area (Å²) in [6.45, 7) is 0. The lowest BCUT2D eigenvalue weighted by Crippen LogP contribution is -2.18. The van der Waals surface area contributed by atoms with Gasteiger partial charge in [-0.2, -0.15) is 18.3 Å². The first-order valence-corrected chi connectivity index (χ1v) is 9.24. The van der Waals surface area contributed by atoms with Crippen molar-refractivity contribution in [2.45, 2.75) is 11.1 Å². The van der Waals surface area contributed by atoms with Crippen molar-refractivity contribution in [1.82, 2.24) is 9.78 Å². The zero-order valence-corrected chi connectivity index (χ0v) is 15.0. The molecule has 0 atom stereocenters. The molecule has 7 nitrogen and oxygen atoms in total. The maximum absolute atomic E-state index is 14.1. The number of aromatic nitrogens is 2. The van der Waals surface area contributed by atoms with Gasteiger partial charge >= 0.3 is 12.1 Å². The third-order valence-corrected chi connectivity index (χ3v) is 5.17. The van der Waals surface area contributed by atoms with Crippen LogP contribution in [0.25, 0.3) is 5.69 Å². The standard InChI is InChI=1S/C17H11F4N3O4S/c18-12-4-2-10(16(25)26)8-15(12)29(27,28)23-13-9-11(17(19,20)21)3-5-14(13)24-7-1-6-22-24/h1-9,23H,(H,25,26). The van der Waals surface area contributed by atoms with Gasteiger partial charge in [-0.3, -0.25) is 4.72 Å². The lowest BCUT2D eigenvalue weighted by atomic mass is 10.1. The maximum atomic E-state index is 14.1. The molecule has 0 radical (unpaired) electrons. The van der Waals surface area contributed by atoms with Gasteiger partial charge in [0.1, 0.15) is 10.7 Å². The Balaban J connectivity index is 2.13. The summed E-state index contributed by atoms with van der Waals surface area (Å²) in [6.07, 6.45) is -2.07. The van der Waals surface area contributed by atoms with Crippen LogP contribution in [0, 0.1) is 5.82 Å². The first-order chi connectivity index (χ1) is 13.5. The minimum atomic E-state index is -4.77. The molecule has 1 aromatic heterocycles. The number of alkyl halides is 3. The second kappa shape index (κ2) is 7.20. The number of nitrogens with zero attached hydrogens (tertiary/aromatic N) is 2. The fourth-order valence-corrected chi connectivity index (χ4v) is 3.62. The first kappa shape index (κ1) is 20.3. The van der Waals surface area contributed by atoms with Gasteiger partial charge in [0.05, 0.1) is 22.5 Å². The molecule has 3 aromatic rings. The van der Waals surface area contributed by atoms with Crippen molar-refractivity contribution in [2.75, 3.05) is 4.72 Å². The molecule has 1 heterocycles. The Morgan fingerprint density at radius 1 is 1.14 bits per heavy atom. The van der Waals surface area contributed by atoms with Gasteiger partial charge in [-0.1, -0.05) is 0 Å². The Bertz CT molecular complexity index is 1180. The summed E-state index contributed by atoms with van der Waals surface area (Å²) in [5.74, 6) is -2.77. The molecule has 0 aliphatic rings. The molecule has 0 amide bonds. The van der Waals surface area contributed by atoms with Crippen molar-refractivity contribution in [3.8, 4) is 5.69 Å². The van der Waals surface area contributed by atoms with Gasteiger partial charge in [0, 0.05) is 12.4 Å². The van der Waals surface area contributed by atoms with Crippen molar-refractivity contribution in [2.24, 2.45) is 0 Å². The quantitative estimate of drug-likeness (QED) is 0.605. The van der Waals surface area contributed by atoms with Gasteiger partial charge < -0.3 is 5.11 Å². The second-order valence-electron chi connectivity index (χ2n) is 5.74. The van der Waals surface area contributed by atoms with Crippen molar-refractivity contribution in [3.05, 3.63) is 71.8 Å². The van der Waals surface area contributed by atoms with Crippen LogP contribution in [0.1, 0.15) is 15.9 Å². The molecule has 0 aliphatic heterocycles. The molecule has 0 saturated heterocycles. The molecule has 2 aromatic carbocycles. The summed E-state index contributed by atoms with van der Waals surface area (Å²) >= 11 is 0. The molecule has 0 unspecified atom stereocenters. The highest BCUT2D eigenvalue weighted by Gasteiger charge is 2.32. The number of carboxylic acids is 1. The van der Waals surface area contributed by atoms with E-state index in [4.69, 9.17) is 5.11 Å². The number of aromatic carboxylic acids is 1. The van der Waals surface area contributed by atoms with E-state index in [-0.39, 0.29) is 5.69 Å². The van der Waals surface area contributed by atoms with Gasteiger partial charge in [0.15, 0.2) is 0 Å². The zero-order chi connectivity index (χ0) is 21.4. The largest absolute Gasteiger partial charge is 0.478 e. The number of anilines is 1. The second-order valence-corrected chi connectivity index (χ2v) is 7.39. The van der Waals surface area contributed by atoms with Crippen LogP contribution >= 0.6 is 0 Å². The third-order valence-electron chi connectivity index (χ3n) is 3.79. The highest BCUT2D eigenvalue weighted by atomic mass is 32.2. The molecule has 152 valence electrons. The average Bonchev–Trinajstić information content (AvgIpc) is 3.15. The van der Waals surface area contributed by atoms with Crippen molar-refractivity contribution < 1.29 is 35.9 Å². The molecule has 0 saturated carbocycles. The van der Waals surface area contributed by atoms with Crippen LogP contribution in [0.2, 0.25) is 0 Å². The summed E-state index contributed by atoms with van der Waals surface area (Å²) < 4.78 is 81.6. The van der Waals surface area contributed by atoms with Gasteiger partial charge in [-0.25, -0.2) is 22.3 Å². The lowest BCUT2D eigenvalue weighted by molar-refractivity contribution is -0.137. The van der Waals surface area contributed by atoms with Crippen LogP contribution in [0.5, 0.6) is 0 Å². The zero-order valence-electron chi connectivity index (χ0n) is 14.2. The Hall–Kier alpha value is -3.41. The summed E-state index contributed by atoms with van der Waals surface area (Å²) in [5, 5.41) is 12.8. The van der Waals surface area contributed by atoms with Crippen LogP contribution in [0.15, 0.2) is 59.8 Å². The van der Waals surface area contributed by atoms with Crippen LogP contribution in [-0.2, 0) is 16.2 Å². The number of carboxylic acid groups (broad SMARTS) is 1. The molecule has 2 N–H and O–H groups in total. The van der Waals surface area contributed by atoms with E-state index >= 15 is 0 Å². The van der Waals surface area contributed by atoms with Crippen LogP contribution in [-0.4, -0.2) is 29.3 Å². The molecule has 0 aliphatic carbocycles. The van der Waals surface area contributed by atoms with E-state index in [9.17, 15) is 30.8 Å². The molecule has 0 spiro atoms. The van der Waals surface area contributed by atoms with E-state index in [1.54, 1.807) is 0 Å². The van der Waals surface area contributed by atoms with E-state index < -0.39 is 49.7 Å². The first-order valence-electron chi connectivity index (χ1n) is 7.76. The molecular weight excluding hydrogens is 418 g/mol. The van der Waals surface area contributed by atoms with Crippen LogP contribution in [0.4, 0.5) is 23.2 Å². The summed E-state index contributed by atoms with van der Waals surface area (Å²) in [6, 6.07) is 5.80. The Morgan fingerprint density at radius 3 is 2.45 bits per heavy atom. The predicted octanol–water partition coefficient (Wildman–Crippen LogP) is 3.53. The summed E-state index contributed by atoms with van der Waals surface area (Å²) in [5.41, 5.74) is -2.24. The van der Waals surface area contributed by atoms with E-state index in [1.165, 1.54) is 18.5 Å². The highest BCUT2D eigenvalue weighted by Crippen LogP contribution is 2.34. The number of hydrogen-bond donors (Lipinski definition) is 2. The molecule has 29 heavy (non-hydrogen) atoms. The number of sulfonamides is 1. The Labute approximate surface area is 161 Å². The minimum absolute atomic E-state index is 0.0543. The molecule has 0 fully saturated rings. The van der Waals surface area contributed by atoms with Crippen LogP contribution in [0.3, 0.4) is 0 Å². The minimum Gasteiger partial charge on any atom is -0.478 e.